The van der Waals surface area contributed by atoms with Crippen molar-refractivity contribution in [2.45, 2.75) is 19.5 Å². The summed E-state index contributed by atoms with van der Waals surface area (Å²) in [6.45, 7) is 1.03. The summed E-state index contributed by atoms with van der Waals surface area (Å²) in [7, 11) is 0. The Balaban J connectivity index is 3.13. The minimum absolute atomic E-state index is 0.0108. The second kappa shape index (κ2) is 7.10. The fourth-order valence-electron chi connectivity index (χ4n) is 1.47. The number of alkyl halides is 3. The van der Waals surface area contributed by atoms with Gasteiger partial charge < -0.3 is 13.5 Å². The number of halogens is 4. The molecule has 5 nitrogen and oxygen atoms in total. The topological polar surface area (TPSA) is 75.7 Å². The van der Waals surface area contributed by atoms with Gasteiger partial charge in [0, 0.05) is 13.3 Å². The Kier molecular flexibility index (Phi) is 5.99. The summed E-state index contributed by atoms with van der Waals surface area (Å²) in [5.74, 6) is -1.56. The van der Waals surface area contributed by atoms with Crippen LogP contribution in [-0.2, 0) is 33.5 Å². The van der Waals surface area contributed by atoms with Crippen molar-refractivity contribution < 1.29 is 35.6 Å². The van der Waals surface area contributed by atoms with Gasteiger partial charge in [0.05, 0.1) is 11.6 Å². The first-order chi connectivity index (χ1) is 9.61. The maximum absolute atomic E-state index is 12.9. The summed E-state index contributed by atoms with van der Waals surface area (Å²) in [5, 5.41) is -0.508. The third-order valence-electron chi connectivity index (χ3n) is 2.26. The minimum atomic E-state index is -4.85. The molecule has 10 heteroatoms. The second-order valence-electron chi connectivity index (χ2n) is 3.83. The minimum Gasteiger partial charge on any atom is -0.740 e. The van der Waals surface area contributed by atoms with Crippen molar-refractivity contribution in [3.05, 3.63) is 28.3 Å². The van der Waals surface area contributed by atoms with Gasteiger partial charge >= 0.3 is 12.1 Å². The molecule has 0 bridgehead atoms. The molecule has 0 aliphatic rings. The first-order valence-corrected chi connectivity index (χ1v) is 6.79. The second-order valence-corrected chi connectivity index (χ2v) is 4.81. The Labute approximate surface area is 125 Å². The summed E-state index contributed by atoms with van der Waals surface area (Å²) in [6.07, 6.45) is -4.86. The molecule has 0 spiro atoms. The van der Waals surface area contributed by atoms with Crippen molar-refractivity contribution in [2.75, 3.05) is 6.61 Å². The molecule has 0 N–H and O–H groups in total. The van der Waals surface area contributed by atoms with Crippen LogP contribution in [0.15, 0.2) is 12.1 Å². The number of benzene rings is 1. The summed E-state index contributed by atoms with van der Waals surface area (Å²) >= 11 is 2.43. The van der Waals surface area contributed by atoms with Crippen molar-refractivity contribution in [1.82, 2.24) is 0 Å². The number of hydrogen-bond acceptors (Lipinski definition) is 5. The van der Waals surface area contributed by atoms with Crippen LogP contribution in [0.1, 0.15) is 18.1 Å². The lowest BCUT2D eigenvalue weighted by molar-refractivity contribution is -0.141. The van der Waals surface area contributed by atoms with Crippen LogP contribution in [0.5, 0.6) is 5.75 Å². The molecule has 118 valence electrons. The Morgan fingerprint density at radius 2 is 2.05 bits per heavy atom. The van der Waals surface area contributed by atoms with Crippen molar-refractivity contribution >= 4 is 28.9 Å². The zero-order chi connectivity index (χ0) is 16.2. The molecule has 0 fully saturated rings. The molecule has 1 aromatic carbocycles. The standard InChI is InChI=1S/C11H10ClF3O5S/c1-6(16)19-3-2-7-4-8(11(13,14)15)10(9(12)5-7)20-21(17)18/h4-5H,2-3H2,1H3,(H,17,18)/p-1. The number of rotatable bonds is 5. The molecule has 1 aromatic rings. The molecule has 0 aromatic heterocycles. The third-order valence-corrected chi connectivity index (χ3v) is 2.84. The molecule has 0 saturated heterocycles. The molecule has 0 saturated carbocycles. The highest BCUT2D eigenvalue weighted by atomic mass is 35.5. The predicted molar refractivity (Wildman–Crippen MR) is 66.3 cm³/mol. The Morgan fingerprint density at radius 1 is 1.43 bits per heavy atom. The summed E-state index contributed by atoms with van der Waals surface area (Å²) in [5.41, 5.74) is -1.20. The van der Waals surface area contributed by atoms with E-state index in [-0.39, 0.29) is 18.6 Å². The fourth-order valence-corrected chi connectivity index (χ4v) is 2.11. The third kappa shape index (κ3) is 5.52. The van der Waals surface area contributed by atoms with Crippen LogP contribution in [-0.4, -0.2) is 21.3 Å². The van der Waals surface area contributed by atoms with Crippen LogP contribution in [0.3, 0.4) is 0 Å². The zero-order valence-electron chi connectivity index (χ0n) is 10.5. The van der Waals surface area contributed by atoms with E-state index < -0.39 is 39.8 Å². The molecule has 0 heterocycles. The van der Waals surface area contributed by atoms with Gasteiger partial charge in [-0.1, -0.05) is 11.6 Å². The Bertz CT molecular complexity index is 562. The van der Waals surface area contributed by atoms with E-state index >= 15 is 0 Å². The van der Waals surface area contributed by atoms with Crippen LogP contribution in [0, 0.1) is 0 Å². The van der Waals surface area contributed by atoms with Gasteiger partial charge in [-0.2, -0.15) is 13.2 Å². The number of esters is 1. The smallest absolute Gasteiger partial charge is 0.420 e. The number of hydrogen-bond donors (Lipinski definition) is 0. The normalized spacial score (nSPS) is 12.9. The summed E-state index contributed by atoms with van der Waals surface area (Å²) < 4.78 is 68.2. The zero-order valence-corrected chi connectivity index (χ0v) is 12.1. The molecule has 1 atom stereocenters. The van der Waals surface area contributed by atoms with Crippen molar-refractivity contribution in [3.8, 4) is 5.75 Å². The highest BCUT2D eigenvalue weighted by Gasteiger charge is 2.36. The lowest BCUT2D eigenvalue weighted by Crippen LogP contribution is -2.12. The van der Waals surface area contributed by atoms with Gasteiger partial charge in [-0.05, 0) is 17.7 Å². The van der Waals surface area contributed by atoms with Gasteiger partial charge in [0.1, 0.15) is 16.9 Å². The lowest BCUT2D eigenvalue weighted by Gasteiger charge is -2.17. The van der Waals surface area contributed by atoms with Crippen LogP contribution in [0.2, 0.25) is 5.02 Å². The van der Waals surface area contributed by atoms with E-state index in [0.29, 0.717) is 6.07 Å². The van der Waals surface area contributed by atoms with Gasteiger partial charge in [0.2, 0.25) is 0 Å². The van der Waals surface area contributed by atoms with E-state index in [1.165, 1.54) is 0 Å². The largest absolute Gasteiger partial charge is 0.740 e. The Morgan fingerprint density at radius 3 is 2.52 bits per heavy atom. The first kappa shape index (κ1) is 17.7. The van der Waals surface area contributed by atoms with E-state index in [9.17, 15) is 26.7 Å². The molecule has 1 unspecified atom stereocenters. The van der Waals surface area contributed by atoms with Gasteiger partial charge in [-0.15, -0.1) is 0 Å². The maximum atomic E-state index is 12.9. The first-order valence-electron chi connectivity index (χ1n) is 5.42. The van der Waals surface area contributed by atoms with Crippen molar-refractivity contribution in [2.24, 2.45) is 0 Å². The average Bonchev–Trinajstić information content (AvgIpc) is 2.29. The molecular formula is C11H9ClF3O5S-. The monoisotopic (exact) mass is 345 g/mol. The molecule has 0 aliphatic heterocycles. The predicted octanol–water partition coefficient (Wildman–Crippen LogP) is 2.64. The highest BCUT2D eigenvalue weighted by molar-refractivity contribution is 7.74. The van der Waals surface area contributed by atoms with Crippen LogP contribution < -0.4 is 4.18 Å². The molecule has 1 rings (SSSR count). The average molecular weight is 346 g/mol. The molecule has 0 amide bonds. The fraction of sp³-hybridized carbons (Fsp3) is 0.364. The maximum Gasteiger partial charge on any atom is 0.420 e. The quantitative estimate of drug-likeness (QED) is 0.605. The van der Waals surface area contributed by atoms with Gasteiger partial charge in [-0.3, -0.25) is 4.79 Å². The SMILES string of the molecule is CC(=O)OCCc1cc(Cl)c(OS(=O)[O-])c(C(F)(F)F)c1. The highest BCUT2D eigenvalue weighted by Crippen LogP contribution is 2.41. The molecule has 0 radical (unpaired) electrons. The lowest BCUT2D eigenvalue weighted by atomic mass is 10.1. The Hall–Kier alpha value is -1.32. The number of ether oxygens (including phenoxy) is 1. The summed E-state index contributed by atoms with van der Waals surface area (Å²) in [6, 6.07) is 1.81. The van der Waals surface area contributed by atoms with Crippen LogP contribution in [0.25, 0.3) is 0 Å². The molecule has 21 heavy (non-hydrogen) atoms. The van der Waals surface area contributed by atoms with E-state index in [1.54, 1.807) is 0 Å². The molecular weight excluding hydrogens is 337 g/mol. The van der Waals surface area contributed by atoms with Gasteiger partial charge in [0.15, 0.2) is 5.75 Å². The van der Waals surface area contributed by atoms with Gasteiger partial charge in [-0.25, -0.2) is 4.21 Å². The van der Waals surface area contributed by atoms with Crippen LogP contribution in [0.4, 0.5) is 13.2 Å². The molecule has 0 aliphatic carbocycles. The summed E-state index contributed by atoms with van der Waals surface area (Å²) in [4.78, 5) is 10.6. The number of carbonyl (C=O) groups excluding carboxylic acids is 1. The van der Waals surface area contributed by atoms with E-state index in [4.69, 9.17) is 11.6 Å². The van der Waals surface area contributed by atoms with Crippen molar-refractivity contribution in [1.29, 1.82) is 0 Å². The van der Waals surface area contributed by atoms with E-state index in [1.807, 2.05) is 0 Å². The van der Waals surface area contributed by atoms with Crippen LogP contribution >= 0.6 is 11.6 Å². The number of carbonyl (C=O) groups is 1. The van der Waals surface area contributed by atoms with E-state index in [0.717, 1.165) is 13.0 Å². The van der Waals surface area contributed by atoms with Crippen molar-refractivity contribution in [3.63, 3.8) is 0 Å². The van der Waals surface area contributed by atoms with Gasteiger partial charge in [0.25, 0.3) is 0 Å². The van der Waals surface area contributed by atoms with E-state index in [2.05, 4.69) is 8.92 Å².